The van der Waals surface area contributed by atoms with Crippen molar-refractivity contribution in [1.29, 1.82) is 0 Å². The van der Waals surface area contributed by atoms with E-state index in [2.05, 4.69) is 32.9 Å². The number of hydrogen-bond donors (Lipinski definition) is 1. The molecule has 1 aromatic carbocycles. The highest BCUT2D eigenvalue weighted by atomic mass is 16.5. The van der Waals surface area contributed by atoms with E-state index in [1.165, 1.54) is 16.7 Å². The lowest BCUT2D eigenvalue weighted by Gasteiger charge is -2.46. The van der Waals surface area contributed by atoms with Crippen molar-refractivity contribution in [2.45, 2.75) is 33.1 Å². The minimum absolute atomic E-state index is 0.353. The van der Waals surface area contributed by atoms with Gasteiger partial charge in [-0.25, -0.2) is 0 Å². The zero-order chi connectivity index (χ0) is 13.5. The number of carbonyl (C=O) groups is 1. The van der Waals surface area contributed by atoms with Crippen LogP contribution in [-0.4, -0.2) is 24.3 Å². The lowest BCUT2D eigenvalue weighted by Crippen LogP contribution is -2.54. The van der Waals surface area contributed by atoms with Gasteiger partial charge in [-0.05, 0) is 37.5 Å². The van der Waals surface area contributed by atoms with Gasteiger partial charge < -0.3 is 9.84 Å². The molecule has 0 aliphatic carbocycles. The summed E-state index contributed by atoms with van der Waals surface area (Å²) in [6.07, 6.45) is 0. The molecule has 3 nitrogen and oxygen atoms in total. The van der Waals surface area contributed by atoms with Gasteiger partial charge in [0.25, 0.3) is 0 Å². The zero-order valence-electron chi connectivity index (χ0n) is 11.4. The second kappa shape index (κ2) is 4.39. The largest absolute Gasteiger partial charge is 0.481 e. The highest BCUT2D eigenvalue weighted by molar-refractivity contribution is 5.73. The summed E-state index contributed by atoms with van der Waals surface area (Å²) in [6.45, 7) is 8.97. The van der Waals surface area contributed by atoms with Crippen molar-refractivity contribution in [3.8, 4) is 0 Å². The standard InChI is InChI=1S/C15H20O3/c1-9-5-10(2)13(11(3)6-9)15(7-18-8-15)12(4)14(16)17/h5-6,12H,7-8H2,1-4H3,(H,16,17). The molecule has 1 saturated heterocycles. The van der Waals surface area contributed by atoms with Gasteiger partial charge in [-0.2, -0.15) is 0 Å². The summed E-state index contributed by atoms with van der Waals surface area (Å²) in [4.78, 5) is 11.3. The van der Waals surface area contributed by atoms with Crippen LogP contribution in [0.2, 0.25) is 0 Å². The summed E-state index contributed by atoms with van der Waals surface area (Å²) in [7, 11) is 0. The summed E-state index contributed by atoms with van der Waals surface area (Å²) < 4.78 is 5.34. The third-order valence-corrected chi connectivity index (χ3v) is 4.09. The van der Waals surface area contributed by atoms with Crippen molar-refractivity contribution in [1.82, 2.24) is 0 Å². The third-order valence-electron chi connectivity index (χ3n) is 4.09. The average molecular weight is 248 g/mol. The first kappa shape index (κ1) is 13.1. The van der Waals surface area contributed by atoms with Crippen LogP contribution in [0.1, 0.15) is 29.2 Å². The minimum Gasteiger partial charge on any atom is -0.481 e. The molecule has 98 valence electrons. The number of aliphatic carboxylic acids is 1. The van der Waals surface area contributed by atoms with Gasteiger partial charge in [0, 0.05) is 0 Å². The predicted molar refractivity (Wildman–Crippen MR) is 69.9 cm³/mol. The highest BCUT2D eigenvalue weighted by Gasteiger charge is 2.49. The molecule has 0 saturated carbocycles. The lowest BCUT2D eigenvalue weighted by atomic mass is 9.66. The second-order valence-corrected chi connectivity index (χ2v) is 5.48. The van der Waals surface area contributed by atoms with Gasteiger partial charge in [0.1, 0.15) is 0 Å². The Labute approximate surface area is 108 Å². The first-order valence-electron chi connectivity index (χ1n) is 6.27. The van der Waals surface area contributed by atoms with E-state index in [4.69, 9.17) is 4.74 Å². The van der Waals surface area contributed by atoms with E-state index >= 15 is 0 Å². The molecule has 1 fully saturated rings. The summed E-state index contributed by atoms with van der Waals surface area (Å²) in [5, 5.41) is 9.32. The lowest BCUT2D eigenvalue weighted by molar-refractivity contribution is -0.155. The summed E-state index contributed by atoms with van der Waals surface area (Å²) in [5.74, 6) is -1.18. The molecule has 0 aromatic heterocycles. The Kier molecular flexibility index (Phi) is 3.20. The van der Waals surface area contributed by atoms with Gasteiger partial charge in [-0.15, -0.1) is 0 Å². The topological polar surface area (TPSA) is 46.5 Å². The van der Waals surface area contributed by atoms with Crippen LogP contribution in [0.5, 0.6) is 0 Å². The predicted octanol–water partition coefficient (Wildman–Crippen LogP) is 2.60. The molecule has 1 unspecified atom stereocenters. The maximum Gasteiger partial charge on any atom is 0.307 e. The Morgan fingerprint density at radius 3 is 2.11 bits per heavy atom. The van der Waals surface area contributed by atoms with Gasteiger partial charge in [0.15, 0.2) is 0 Å². The maximum atomic E-state index is 11.3. The Hall–Kier alpha value is -1.35. The van der Waals surface area contributed by atoms with E-state index < -0.39 is 11.9 Å². The van der Waals surface area contributed by atoms with E-state index in [1.807, 2.05) is 0 Å². The fourth-order valence-electron chi connectivity index (χ4n) is 3.13. The molecule has 1 heterocycles. The van der Waals surface area contributed by atoms with Crippen LogP contribution in [0.4, 0.5) is 0 Å². The molecule has 0 bridgehead atoms. The molecule has 1 aromatic rings. The Bertz CT molecular complexity index is 464. The van der Waals surface area contributed by atoms with Crippen LogP contribution in [0.15, 0.2) is 12.1 Å². The fraction of sp³-hybridized carbons (Fsp3) is 0.533. The van der Waals surface area contributed by atoms with Crippen molar-refractivity contribution in [3.63, 3.8) is 0 Å². The number of benzene rings is 1. The third kappa shape index (κ3) is 1.83. The number of carboxylic acid groups (broad SMARTS) is 1. The van der Waals surface area contributed by atoms with Crippen LogP contribution in [0, 0.1) is 26.7 Å². The van der Waals surface area contributed by atoms with E-state index in [1.54, 1.807) is 6.92 Å². The quantitative estimate of drug-likeness (QED) is 0.894. The summed E-state index contributed by atoms with van der Waals surface area (Å²) >= 11 is 0. The normalized spacial score (nSPS) is 19.1. The molecule has 1 aliphatic heterocycles. The van der Waals surface area contributed by atoms with Crippen LogP contribution in [0.25, 0.3) is 0 Å². The smallest absolute Gasteiger partial charge is 0.307 e. The van der Waals surface area contributed by atoms with Crippen LogP contribution >= 0.6 is 0 Å². The molecule has 1 atom stereocenters. The van der Waals surface area contributed by atoms with Crippen molar-refractivity contribution in [2.75, 3.05) is 13.2 Å². The molecule has 2 rings (SSSR count). The van der Waals surface area contributed by atoms with Crippen molar-refractivity contribution < 1.29 is 14.6 Å². The molecular weight excluding hydrogens is 228 g/mol. The Balaban J connectivity index is 2.55. The van der Waals surface area contributed by atoms with E-state index in [0.717, 1.165) is 5.56 Å². The number of carboxylic acids is 1. The molecule has 0 radical (unpaired) electrons. The van der Waals surface area contributed by atoms with E-state index in [-0.39, 0.29) is 5.41 Å². The monoisotopic (exact) mass is 248 g/mol. The molecule has 0 amide bonds. The van der Waals surface area contributed by atoms with Crippen LogP contribution < -0.4 is 0 Å². The van der Waals surface area contributed by atoms with Gasteiger partial charge in [0.2, 0.25) is 0 Å². The average Bonchev–Trinajstić information content (AvgIpc) is 2.19. The Morgan fingerprint density at radius 2 is 1.78 bits per heavy atom. The molecular formula is C15H20O3. The molecule has 1 aliphatic rings. The number of ether oxygens (including phenoxy) is 1. The molecule has 0 spiro atoms. The number of hydrogen-bond acceptors (Lipinski definition) is 2. The van der Waals surface area contributed by atoms with E-state index in [0.29, 0.717) is 13.2 Å². The van der Waals surface area contributed by atoms with Gasteiger partial charge in [-0.3, -0.25) is 4.79 Å². The Morgan fingerprint density at radius 1 is 1.28 bits per heavy atom. The van der Waals surface area contributed by atoms with Crippen molar-refractivity contribution in [3.05, 3.63) is 34.4 Å². The minimum atomic E-state index is -0.752. The van der Waals surface area contributed by atoms with Gasteiger partial charge in [0.05, 0.1) is 24.5 Å². The van der Waals surface area contributed by atoms with Crippen molar-refractivity contribution >= 4 is 5.97 Å². The molecule has 1 N–H and O–H groups in total. The number of rotatable bonds is 3. The fourth-order valence-corrected chi connectivity index (χ4v) is 3.13. The van der Waals surface area contributed by atoms with E-state index in [9.17, 15) is 9.90 Å². The van der Waals surface area contributed by atoms with Crippen LogP contribution in [0.3, 0.4) is 0 Å². The molecule has 18 heavy (non-hydrogen) atoms. The first-order valence-corrected chi connectivity index (χ1v) is 6.27. The maximum absolute atomic E-state index is 11.3. The number of aryl methyl sites for hydroxylation is 3. The second-order valence-electron chi connectivity index (χ2n) is 5.48. The zero-order valence-corrected chi connectivity index (χ0v) is 11.4. The summed E-state index contributed by atoms with van der Waals surface area (Å²) in [5.41, 5.74) is 4.36. The van der Waals surface area contributed by atoms with Gasteiger partial charge >= 0.3 is 5.97 Å². The molecule has 3 heteroatoms. The SMILES string of the molecule is Cc1cc(C)c(C2(C(C)C(=O)O)COC2)c(C)c1. The van der Waals surface area contributed by atoms with Gasteiger partial charge in [-0.1, -0.05) is 24.6 Å². The van der Waals surface area contributed by atoms with Crippen molar-refractivity contribution in [2.24, 2.45) is 5.92 Å². The highest BCUT2D eigenvalue weighted by Crippen LogP contribution is 2.43. The summed E-state index contributed by atoms with van der Waals surface area (Å²) in [6, 6.07) is 4.24. The van der Waals surface area contributed by atoms with Crippen LogP contribution in [-0.2, 0) is 14.9 Å². The first-order chi connectivity index (χ1) is 8.38.